The van der Waals surface area contributed by atoms with Crippen molar-refractivity contribution in [2.45, 2.75) is 50.9 Å². The van der Waals surface area contributed by atoms with Crippen LogP contribution in [0.2, 0.25) is 0 Å². The van der Waals surface area contributed by atoms with E-state index in [4.69, 9.17) is 14.2 Å². The Morgan fingerprint density at radius 2 is 1.94 bits per heavy atom. The predicted molar refractivity (Wildman–Crippen MR) is 61.9 cm³/mol. The second-order valence-corrected chi connectivity index (χ2v) is 5.17. The zero-order valence-electron chi connectivity index (χ0n) is 11.0. The van der Waals surface area contributed by atoms with Gasteiger partial charge < -0.3 is 29.7 Å². The fourth-order valence-corrected chi connectivity index (χ4v) is 1.59. The van der Waals surface area contributed by atoms with Crippen molar-refractivity contribution < 1.29 is 29.2 Å². The largest absolute Gasteiger partial charge is 0.444 e. The molecular weight excluding hydrogens is 242 g/mol. The van der Waals surface area contributed by atoms with Crippen LogP contribution in [-0.2, 0) is 14.2 Å². The molecule has 1 aliphatic rings. The summed E-state index contributed by atoms with van der Waals surface area (Å²) in [6.45, 7) is 5.23. The summed E-state index contributed by atoms with van der Waals surface area (Å²) in [7, 11) is 1.36. The highest BCUT2D eigenvalue weighted by Gasteiger charge is 2.39. The molecule has 0 aromatic heterocycles. The van der Waals surface area contributed by atoms with Gasteiger partial charge in [-0.05, 0) is 20.8 Å². The molecule has 1 saturated heterocycles. The van der Waals surface area contributed by atoms with Crippen molar-refractivity contribution in [2.75, 3.05) is 13.7 Å². The number of hydrogen-bond acceptors (Lipinski definition) is 6. The van der Waals surface area contributed by atoms with Crippen LogP contribution >= 0.6 is 0 Å². The minimum absolute atomic E-state index is 0.0377. The van der Waals surface area contributed by atoms with Crippen molar-refractivity contribution in [3.63, 3.8) is 0 Å². The Labute approximate surface area is 106 Å². The van der Waals surface area contributed by atoms with E-state index in [2.05, 4.69) is 5.32 Å². The lowest BCUT2D eigenvalue weighted by Gasteiger charge is -2.37. The molecule has 7 nitrogen and oxygen atoms in total. The van der Waals surface area contributed by atoms with E-state index >= 15 is 0 Å². The van der Waals surface area contributed by atoms with Gasteiger partial charge in [-0.1, -0.05) is 0 Å². The van der Waals surface area contributed by atoms with E-state index < -0.39 is 36.2 Å². The van der Waals surface area contributed by atoms with E-state index in [1.165, 1.54) is 7.11 Å². The van der Waals surface area contributed by atoms with Crippen molar-refractivity contribution >= 4 is 6.09 Å². The van der Waals surface area contributed by atoms with Crippen LogP contribution in [0, 0.1) is 0 Å². The maximum atomic E-state index is 11.5. The Morgan fingerprint density at radius 3 is 2.44 bits per heavy atom. The first-order valence-electron chi connectivity index (χ1n) is 5.74. The lowest BCUT2D eigenvalue weighted by atomic mass is 10.0. The molecule has 0 bridgehead atoms. The normalized spacial score (nSPS) is 33.0. The summed E-state index contributed by atoms with van der Waals surface area (Å²) in [5, 5.41) is 21.9. The predicted octanol–water partition coefficient (Wildman–Crippen LogP) is -0.396. The molecule has 0 aromatic carbocycles. The molecule has 1 fully saturated rings. The van der Waals surface area contributed by atoms with Gasteiger partial charge >= 0.3 is 6.09 Å². The molecule has 3 N–H and O–H groups in total. The van der Waals surface area contributed by atoms with Gasteiger partial charge in [0, 0.05) is 7.11 Å². The van der Waals surface area contributed by atoms with Gasteiger partial charge in [0.05, 0.1) is 12.6 Å². The number of amides is 1. The van der Waals surface area contributed by atoms with Gasteiger partial charge in [-0.2, -0.15) is 0 Å². The van der Waals surface area contributed by atoms with Gasteiger partial charge in [-0.25, -0.2) is 4.79 Å². The maximum Gasteiger partial charge on any atom is 0.408 e. The minimum atomic E-state index is -1.22. The lowest BCUT2D eigenvalue weighted by Crippen LogP contribution is -2.59. The fraction of sp³-hybridized carbons (Fsp3) is 0.909. The molecule has 1 amide bonds. The standard InChI is InChI=1S/C11H21NO6/c1-11(2,3)18-10(15)12-6-5-17-9(16-4)8(14)7(6)13/h6-9,13-14H,5H2,1-4H3,(H,12,15). The highest BCUT2D eigenvalue weighted by molar-refractivity contribution is 5.68. The van der Waals surface area contributed by atoms with Crippen molar-refractivity contribution in [3.8, 4) is 0 Å². The zero-order chi connectivity index (χ0) is 13.9. The van der Waals surface area contributed by atoms with Crippen LogP contribution in [0.3, 0.4) is 0 Å². The molecule has 0 radical (unpaired) electrons. The van der Waals surface area contributed by atoms with E-state index in [0.29, 0.717) is 0 Å². The topological polar surface area (TPSA) is 97.3 Å². The van der Waals surface area contributed by atoms with E-state index in [1.54, 1.807) is 20.8 Å². The average molecular weight is 263 g/mol. The molecule has 7 heteroatoms. The Kier molecular flexibility index (Phi) is 4.92. The molecule has 1 aliphatic heterocycles. The van der Waals surface area contributed by atoms with E-state index in [1.807, 2.05) is 0 Å². The quantitative estimate of drug-likeness (QED) is 0.627. The number of methoxy groups -OCH3 is 1. The average Bonchev–Trinajstić information content (AvgIpc) is 2.22. The number of carbonyl (C=O) groups is 1. The van der Waals surface area contributed by atoms with Gasteiger partial charge in [-0.3, -0.25) is 0 Å². The Balaban J connectivity index is 2.51. The molecule has 4 unspecified atom stereocenters. The first-order chi connectivity index (χ1) is 8.24. The van der Waals surface area contributed by atoms with Gasteiger partial charge in [0.25, 0.3) is 0 Å². The number of aliphatic hydroxyl groups is 2. The maximum absolute atomic E-state index is 11.5. The molecule has 0 spiro atoms. The number of alkyl carbamates (subject to hydrolysis) is 1. The second kappa shape index (κ2) is 5.83. The molecule has 18 heavy (non-hydrogen) atoms. The first-order valence-corrected chi connectivity index (χ1v) is 5.74. The molecule has 106 valence electrons. The summed E-state index contributed by atoms with van der Waals surface area (Å²) in [5.41, 5.74) is -0.627. The molecule has 4 atom stereocenters. The summed E-state index contributed by atoms with van der Waals surface area (Å²) in [6, 6.07) is -0.735. The summed E-state index contributed by atoms with van der Waals surface area (Å²) >= 11 is 0. The third-order valence-electron chi connectivity index (χ3n) is 2.42. The molecule has 1 heterocycles. The van der Waals surface area contributed by atoms with E-state index in [0.717, 1.165) is 0 Å². The Hall–Kier alpha value is -0.890. The molecule has 1 rings (SSSR count). The van der Waals surface area contributed by atoms with Crippen LogP contribution in [0.5, 0.6) is 0 Å². The second-order valence-electron chi connectivity index (χ2n) is 5.17. The summed E-state index contributed by atoms with van der Waals surface area (Å²) in [4.78, 5) is 11.5. The number of rotatable bonds is 2. The summed E-state index contributed by atoms with van der Waals surface area (Å²) < 4.78 is 15.0. The van der Waals surface area contributed by atoms with Gasteiger partial charge in [0.1, 0.15) is 17.8 Å². The van der Waals surface area contributed by atoms with Crippen LogP contribution in [0.25, 0.3) is 0 Å². The van der Waals surface area contributed by atoms with Crippen LogP contribution in [0.15, 0.2) is 0 Å². The molecule has 0 aromatic rings. The van der Waals surface area contributed by atoms with Crippen molar-refractivity contribution in [1.29, 1.82) is 0 Å². The van der Waals surface area contributed by atoms with Crippen LogP contribution in [0.1, 0.15) is 20.8 Å². The van der Waals surface area contributed by atoms with Crippen molar-refractivity contribution in [3.05, 3.63) is 0 Å². The SMILES string of the molecule is COC1OCC(NC(=O)OC(C)(C)C)C(O)C1O. The third-order valence-corrected chi connectivity index (χ3v) is 2.42. The highest BCUT2D eigenvalue weighted by atomic mass is 16.7. The zero-order valence-corrected chi connectivity index (χ0v) is 11.0. The molecule has 0 aliphatic carbocycles. The number of hydrogen-bond donors (Lipinski definition) is 3. The van der Waals surface area contributed by atoms with Crippen LogP contribution in [-0.4, -0.2) is 60.2 Å². The van der Waals surface area contributed by atoms with E-state index in [-0.39, 0.29) is 6.61 Å². The highest BCUT2D eigenvalue weighted by Crippen LogP contribution is 2.16. The first kappa shape index (κ1) is 15.2. The van der Waals surface area contributed by atoms with Gasteiger partial charge in [0.15, 0.2) is 6.29 Å². The summed E-state index contributed by atoms with van der Waals surface area (Å²) in [6.07, 6.45) is -3.95. The fourth-order valence-electron chi connectivity index (χ4n) is 1.59. The van der Waals surface area contributed by atoms with Gasteiger partial charge in [0.2, 0.25) is 0 Å². The van der Waals surface area contributed by atoms with E-state index in [9.17, 15) is 15.0 Å². The van der Waals surface area contributed by atoms with Gasteiger partial charge in [-0.15, -0.1) is 0 Å². The Bertz CT molecular complexity index is 290. The third kappa shape index (κ3) is 4.09. The smallest absolute Gasteiger partial charge is 0.408 e. The number of nitrogens with one attached hydrogen (secondary N) is 1. The minimum Gasteiger partial charge on any atom is -0.444 e. The van der Waals surface area contributed by atoms with Crippen LogP contribution < -0.4 is 5.32 Å². The number of aliphatic hydroxyl groups excluding tert-OH is 2. The number of ether oxygens (including phenoxy) is 3. The monoisotopic (exact) mass is 263 g/mol. The molecule has 0 saturated carbocycles. The van der Waals surface area contributed by atoms with Crippen molar-refractivity contribution in [2.24, 2.45) is 0 Å². The summed E-state index contributed by atoms with van der Waals surface area (Å²) in [5.74, 6) is 0. The number of carbonyl (C=O) groups excluding carboxylic acids is 1. The lowest BCUT2D eigenvalue weighted by molar-refractivity contribution is -0.240. The Morgan fingerprint density at radius 1 is 1.33 bits per heavy atom. The molecular formula is C11H21NO6. The van der Waals surface area contributed by atoms with Crippen molar-refractivity contribution in [1.82, 2.24) is 5.32 Å². The van der Waals surface area contributed by atoms with Crippen LogP contribution in [0.4, 0.5) is 4.79 Å².